The number of hydrogen-bond acceptors (Lipinski definition) is 3. The van der Waals surface area contributed by atoms with Crippen molar-refractivity contribution >= 4 is 0 Å². The third-order valence-corrected chi connectivity index (χ3v) is 2.18. The lowest BCUT2D eigenvalue weighted by molar-refractivity contribution is 0.0474. The Morgan fingerprint density at radius 2 is 1.80 bits per heavy atom. The number of rotatable bonds is 2. The zero-order valence-electron chi connectivity index (χ0n) is 8.35. The van der Waals surface area contributed by atoms with Gasteiger partial charge >= 0.3 is 0 Å². The lowest BCUT2D eigenvalue weighted by Crippen LogP contribution is -2.03. The van der Waals surface area contributed by atoms with Crippen molar-refractivity contribution in [2.24, 2.45) is 5.73 Å². The van der Waals surface area contributed by atoms with Crippen LogP contribution in [0.25, 0.3) is 0 Å². The topological polar surface area (TPSA) is 44.5 Å². The van der Waals surface area contributed by atoms with Crippen molar-refractivity contribution in [3.63, 3.8) is 0 Å². The summed E-state index contributed by atoms with van der Waals surface area (Å²) in [7, 11) is 0. The van der Waals surface area contributed by atoms with Crippen LogP contribution in [0.15, 0.2) is 54.1 Å². The predicted molar refractivity (Wildman–Crippen MR) is 57.5 cm³/mol. The third-order valence-electron chi connectivity index (χ3n) is 2.18. The highest BCUT2D eigenvalue weighted by molar-refractivity contribution is 5.32. The van der Waals surface area contributed by atoms with Gasteiger partial charge in [0.2, 0.25) is 6.79 Å². The molecular weight excluding hydrogens is 190 g/mol. The highest BCUT2D eigenvalue weighted by atomic mass is 16.7. The average Bonchev–Trinajstić information content (AvgIpc) is 2.46. The molecule has 0 aliphatic carbocycles. The second-order valence-corrected chi connectivity index (χ2v) is 3.33. The van der Waals surface area contributed by atoms with Crippen LogP contribution in [0.4, 0.5) is 0 Å². The Labute approximate surface area is 88.8 Å². The molecule has 0 saturated carbocycles. The smallest absolute Gasteiger partial charge is 0.229 e. The molecule has 0 atom stereocenters. The van der Waals surface area contributed by atoms with Gasteiger partial charge in [-0.05, 0) is 5.56 Å². The molecule has 0 spiro atoms. The van der Waals surface area contributed by atoms with Crippen LogP contribution in [-0.2, 0) is 15.9 Å². The van der Waals surface area contributed by atoms with Crippen molar-refractivity contribution in [3.8, 4) is 0 Å². The fourth-order valence-electron chi connectivity index (χ4n) is 1.40. The number of hydrogen-bond donors (Lipinski definition) is 1. The van der Waals surface area contributed by atoms with Gasteiger partial charge in [-0.3, -0.25) is 0 Å². The van der Waals surface area contributed by atoms with Gasteiger partial charge in [0, 0.05) is 12.0 Å². The summed E-state index contributed by atoms with van der Waals surface area (Å²) in [6.45, 7) is 0.221. The Balaban J connectivity index is 2.14. The molecule has 1 aromatic rings. The molecule has 2 N–H and O–H groups in total. The van der Waals surface area contributed by atoms with Gasteiger partial charge in [-0.25, -0.2) is 0 Å². The van der Waals surface area contributed by atoms with Crippen molar-refractivity contribution in [2.75, 3.05) is 6.79 Å². The first-order valence-corrected chi connectivity index (χ1v) is 4.78. The average molecular weight is 203 g/mol. The van der Waals surface area contributed by atoms with Crippen LogP contribution < -0.4 is 5.73 Å². The maximum Gasteiger partial charge on any atom is 0.229 e. The molecule has 78 valence electrons. The van der Waals surface area contributed by atoms with Crippen molar-refractivity contribution < 1.29 is 9.47 Å². The Hall–Kier alpha value is -1.90. The van der Waals surface area contributed by atoms with Crippen molar-refractivity contribution in [1.82, 2.24) is 0 Å². The summed E-state index contributed by atoms with van der Waals surface area (Å²) >= 11 is 0. The minimum atomic E-state index is 0.221. The second kappa shape index (κ2) is 4.55. The van der Waals surface area contributed by atoms with Gasteiger partial charge in [0.15, 0.2) is 0 Å². The molecule has 0 fully saturated rings. The molecule has 1 aliphatic rings. The first kappa shape index (κ1) is 9.65. The zero-order valence-corrected chi connectivity index (χ0v) is 8.35. The molecule has 1 aliphatic heterocycles. The molecule has 0 unspecified atom stereocenters. The minimum absolute atomic E-state index is 0.221. The predicted octanol–water partition coefficient (Wildman–Crippen LogP) is 1.92. The standard InChI is InChI=1S/C12H13NO2/c13-12-8-15-9-14-7-11(12)6-10-4-2-1-3-5-10/h1-5,7-8H,6,9,13H2. The molecule has 2 rings (SSSR count). The fourth-order valence-corrected chi connectivity index (χ4v) is 1.40. The molecule has 3 nitrogen and oxygen atoms in total. The van der Waals surface area contributed by atoms with Gasteiger partial charge < -0.3 is 15.2 Å². The van der Waals surface area contributed by atoms with E-state index in [4.69, 9.17) is 15.2 Å². The monoisotopic (exact) mass is 203 g/mol. The van der Waals surface area contributed by atoms with Crippen molar-refractivity contribution in [2.45, 2.75) is 6.42 Å². The highest BCUT2D eigenvalue weighted by Gasteiger charge is 2.06. The summed E-state index contributed by atoms with van der Waals surface area (Å²) < 4.78 is 10.1. The van der Waals surface area contributed by atoms with Gasteiger partial charge in [-0.15, -0.1) is 0 Å². The summed E-state index contributed by atoms with van der Waals surface area (Å²) in [5.74, 6) is 0. The van der Waals surface area contributed by atoms with Crippen molar-refractivity contribution in [3.05, 3.63) is 59.7 Å². The fraction of sp³-hybridized carbons (Fsp3) is 0.167. The molecular formula is C12H13NO2. The number of benzene rings is 1. The molecule has 0 saturated heterocycles. The van der Waals surface area contributed by atoms with Gasteiger partial charge in [0.05, 0.1) is 12.0 Å². The SMILES string of the molecule is NC1=COCOC=C1Cc1ccccc1. The van der Waals surface area contributed by atoms with Crippen LogP contribution in [0.2, 0.25) is 0 Å². The van der Waals surface area contributed by atoms with Crippen LogP contribution in [0.3, 0.4) is 0 Å². The summed E-state index contributed by atoms with van der Waals surface area (Å²) in [4.78, 5) is 0. The molecule has 15 heavy (non-hydrogen) atoms. The largest absolute Gasteiger partial charge is 0.465 e. The summed E-state index contributed by atoms with van der Waals surface area (Å²) in [5, 5.41) is 0. The van der Waals surface area contributed by atoms with E-state index in [1.165, 1.54) is 11.8 Å². The normalized spacial score (nSPS) is 15.5. The van der Waals surface area contributed by atoms with Crippen molar-refractivity contribution in [1.29, 1.82) is 0 Å². The van der Waals surface area contributed by atoms with Gasteiger partial charge in [-0.2, -0.15) is 0 Å². The van der Waals surface area contributed by atoms with E-state index in [9.17, 15) is 0 Å². The Morgan fingerprint density at radius 3 is 2.60 bits per heavy atom. The van der Waals surface area contributed by atoms with Crippen LogP contribution in [0, 0.1) is 0 Å². The summed E-state index contributed by atoms with van der Waals surface area (Å²) in [6.07, 6.45) is 3.94. The lowest BCUT2D eigenvalue weighted by Gasteiger charge is -2.04. The maximum absolute atomic E-state index is 5.81. The number of ether oxygens (including phenoxy) is 2. The molecule has 0 bridgehead atoms. The minimum Gasteiger partial charge on any atom is -0.465 e. The van der Waals surface area contributed by atoms with E-state index >= 15 is 0 Å². The van der Waals surface area contributed by atoms with Crippen LogP contribution >= 0.6 is 0 Å². The van der Waals surface area contributed by atoms with Gasteiger partial charge in [0.25, 0.3) is 0 Å². The molecule has 0 radical (unpaired) electrons. The molecule has 1 heterocycles. The molecule has 1 aromatic carbocycles. The zero-order chi connectivity index (χ0) is 10.5. The highest BCUT2D eigenvalue weighted by Crippen LogP contribution is 2.15. The Kier molecular flexibility index (Phi) is 2.93. The van der Waals surface area contributed by atoms with Crippen LogP contribution in [0.1, 0.15) is 5.56 Å². The van der Waals surface area contributed by atoms with Crippen LogP contribution in [0.5, 0.6) is 0 Å². The quantitative estimate of drug-likeness (QED) is 0.798. The van der Waals surface area contributed by atoms with E-state index in [0.717, 1.165) is 12.0 Å². The third kappa shape index (κ3) is 2.53. The van der Waals surface area contributed by atoms with E-state index < -0.39 is 0 Å². The molecule has 3 heteroatoms. The maximum atomic E-state index is 5.81. The van der Waals surface area contributed by atoms with Gasteiger partial charge in [0.1, 0.15) is 6.26 Å². The van der Waals surface area contributed by atoms with Crippen LogP contribution in [-0.4, -0.2) is 6.79 Å². The second-order valence-electron chi connectivity index (χ2n) is 3.33. The summed E-state index contributed by atoms with van der Waals surface area (Å²) in [5.41, 5.74) is 8.58. The lowest BCUT2D eigenvalue weighted by atomic mass is 10.0. The number of nitrogens with two attached hydrogens (primary N) is 1. The Bertz CT molecular complexity index is 382. The first-order valence-electron chi connectivity index (χ1n) is 4.78. The molecule has 0 aromatic heterocycles. The van der Waals surface area contributed by atoms with E-state index in [2.05, 4.69) is 12.1 Å². The Morgan fingerprint density at radius 1 is 1.07 bits per heavy atom. The van der Waals surface area contributed by atoms with E-state index in [-0.39, 0.29) is 6.79 Å². The summed E-state index contributed by atoms with van der Waals surface area (Å²) in [6, 6.07) is 10.1. The first-order chi connectivity index (χ1) is 7.36. The van der Waals surface area contributed by atoms with E-state index in [1.807, 2.05) is 18.2 Å². The van der Waals surface area contributed by atoms with E-state index in [0.29, 0.717) is 5.70 Å². The van der Waals surface area contributed by atoms with E-state index in [1.54, 1.807) is 6.26 Å². The molecule has 0 amide bonds. The number of allylic oxidation sites excluding steroid dienone is 1. The van der Waals surface area contributed by atoms with Gasteiger partial charge in [-0.1, -0.05) is 30.3 Å².